The number of nitrogens with one attached hydrogen (secondary N) is 1. The van der Waals surface area contributed by atoms with Gasteiger partial charge in [-0.2, -0.15) is 4.98 Å². The quantitative estimate of drug-likeness (QED) is 0.682. The molecule has 3 aromatic rings. The second-order valence-electron chi connectivity index (χ2n) is 6.46. The van der Waals surface area contributed by atoms with Crippen LogP contribution in [0.15, 0.2) is 53.1 Å². The van der Waals surface area contributed by atoms with Crippen LogP contribution in [-0.2, 0) is 16.6 Å². The number of hydrogen-bond donors (Lipinski definition) is 1. The van der Waals surface area contributed by atoms with E-state index in [-0.39, 0.29) is 29.6 Å². The Morgan fingerprint density at radius 3 is 2.64 bits per heavy atom. The van der Waals surface area contributed by atoms with Gasteiger partial charge >= 0.3 is 0 Å². The zero-order chi connectivity index (χ0) is 20.3. The number of aromatic nitrogens is 2. The van der Waals surface area contributed by atoms with Crippen molar-refractivity contribution in [3.05, 3.63) is 65.5 Å². The van der Waals surface area contributed by atoms with Gasteiger partial charge in [0.15, 0.2) is 0 Å². The van der Waals surface area contributed by atoms with Gasteiger partial charge < -0.3 is 9.42 Å². The maximum absolute atomic E-state index is 12.8. The standard InChI is InChI=1S/C19H20N4O4S/c1-13-7-6-8-14(11-13)18-20-17(27-21-18)12-23(2)19(24)15-9-4-5-10-16(15)22-28(3,25)26/h4-11,22H,12H2,1-3H3. The molecule has 0 atom stereocenters. The molecule has 0 radical (unpaired) electrons. The molecule has 8 nitrogen and oxygen atoms in total. The first-order valence-corrected chi connectivity index (χ1v) is 10.3. The molecule has 0 saturated heterocycles. The fourth-order valence-corrected chi connectivity index (χ4v) is 3.24. The molecule has 2 aromatic carbocycles. The van der Waals surface area contributed by atoms with Crippen molar-refractivity contribution in [1.29, 1.82) is 0 Å². The summed E-state index contributed by atoms with van der Waals surface area (Å²) in [6.07, 6.45) is 1.03. The van der Waals surface area contributed by atoms with Gasteiger partial charge in [0.05, 0.1) is 24.1 Å². The van der Waals surface area contributed by atoms with Crippen LogP contribution >= 0.6 is 0 Å². The summed E-state index contributed by atoms with van der Waals surface area (Å²) in [4.78, 5) is 18.5. The highest BCUT2D eigenvalue weighted by Gasteiger charge is 2.20. The van der Waals surface area contributed by atoms with E-state index in [1.807, 2.05) is 31.2 Å². The van der Waals surface area contributed by atoms with Crippen molar-refractivity contribution < 1.29 is 17.7 Å². The van der Waals surface area contributed by atoms with Crippen LogP contribution in [0.2, 0.25) is 0 Å². The number of anilines is 1. The summed E-state index contributed by atoms with van der Waals surface area (Å²) in [5.74, 6) is 0.349. The summed E-state index contributed by atoms with van der Waals surface area (Å²) in [5, 5.41) is 3.96. The van der Waals surface area contributed by atoms with E-state index in [1.165, 1.54) is 11.0 Å². The zero-order valence-corrected chi connectivity index (χ0v) is 16.5. The normalized spacial score (nSPS) is 11.2. The molecule has 1 N–H and O–H groups in total. The van der Waals surface area contributed by atoms with Crippen LogP contribution in [0.3, 0.4) is 0 Å². The first kappa shape index (κ1) is 19.6. The molecular weight excluding hydrogens is 380 g/mol. The fourth-order valence-electron chi connectivity index (χ4n) is 2.66. The lowest BCUT2D eigenvalue weighted by Gasteiger charge is -2.17. The lowest BCUT2D eigenvalue weighted by atomic mass is 10.1. The van der Waals surface area contributed by atoms with Crippen LogP contribution < -0.4 is 4.72 Å². The molecule has 0 spiro atoms. The Balaban J connectivity index is 1.77. The van der Waals surface area contributed by atoms with Gasteiger partial charge in [-0.05, 0) is 25.1 Å². The number of rotatable bonds is 6. The van der Waals surface area contributed by atoms with E-state index < -0.39 is 10.0 Å². The van der Waals surface area contributed by atoms with E-state index >= 15 is 0 Å². The van der Waals surface area contributed by atoms with Crippen LogP contribution in [0.4, 0.5) is 5.69 Å². The second kappa shape index (κ2) is 7.81. The Bertz CT molecular complexity index is 1110. The van der Waals surface area contributed by atoms with Gasteiger partial charge in [0, 0.05) is 12.6 Å². The van der Waals surface area contributed by atoms with Crippen molar-refractivity contribution >= 4 is 21.6 Å². The smallest absolute Gasteiger partial charge is 0.256 e. The second-order valence-corrected chi connectivity index (χ2v) is 8.21. The lowest BCUT2D eigenvalue weighted by Crippen LogP contribution is -2.27. The molecular formula is C19H20N4O4S. The number of benzene rings is 2. The van der Waals surface area contributed by atoms with E-state index in [1.54, 1.807) is 25.2 Å². The zero-order valence-electron chi connectivity index (χ0n) is 15.7. The van der Waals surface area contributed by atoms with Crippen molar-refractivity contribution in [2.45, 2.75) is 13.5 Å². The number of aryl methyl sites for hydroxylation is 1. The monoisotopic (exact) mass is 400 g/mol. The highest BCUT2D eigenvalue weighted by Crippen LogP contribution is 2.20. The first-order valence-electron chi connectivity index (χ1n) is 8.45. The van der Waals surface area contributed by atoms with E-state index in [2.05, 4.69) is 14.9 Å². The average molecular weight is 400 g/mol. The number of hydrogen-bond acceptors (Lipinski definition) is 6. The fraction of sp³-hybridized carbons (Fsp3) is 0.211. The van der Waals surface area contributed by atoms with Crippen molar-refractivity contribution in [2.75, 3.05) is 18.0 Å². The molecule has 9 heteroatoms. The third kappa shape index (κ3) is 4.74. The van der Waals surface area contributed by atoms with Gasteiger partial charge in [0.1, 0.15) is 0 Å². The van der Waals surface area contributed by atoms with Crippen LogP contribution in [0.25, 0.3) is 11.4 Å². The number of para-hydroxylation sites is 1. The minimum absolute atomic E-state index is 0.0882. The highest BCUT2D eigenvalue weighted by atomic mass is 32.2. The first-order chi connectivity index (χ1) is 13.2. The summed E-state index contributed by atoms with van der Waals surface area (Å²) in [6, 6.07) is 14.1. The molecule has 28 heavy (non-hydrogen) atoms. The maximum Gasteiger partial charge on any atom is 0.256 e. The highest BCUT2D eigenvalue weighted by molar-refractivity contribution is 7.92. The largest absolute Gasteiger partial charge is 0.337 e. The topological polar surface area (TPSA) is 105 Å². The van der Waals surface area contributed by atoms with Crippen molar-refractivity contribution in [1.82, 2.24) is 15.0 Å². The van der Waals surface area contributed by atoms with Gasteiger partial charge in [-0.25, -0.2) is 8.42 Å². The molecule has 146 valence electrons. The van der Waals surface area contributed by atoms with Gasteiger partial charge in [-0.3, -0.25) is 9.52 Å². The summed E-state index contributed by atoms with van der Waals surface area (Å²) >= 11 is 0. The van der Waals surface area contributed by atoms with Crippen molar-refractivity contribution in [2.24, 2.45) is 0 Å². The van der Waals surface area contributed by atoms with Gasteiger partial charge in [0.2, 0.25) is 21.7 Å². The summed E-state index contributed by atoms with van der Waals surface area (Å²) in [7, 11) is -1.93. The van der Waals surface area contributed by atoms with Crippen LogP contribution in [0.5, 0.6) is 0 Å². The third-order valence-electron chi connectivity index (χ3n) is 3.92. The number of sulfonamides is 1. The minimum atomic E-state index is -3.51. The number of carbonyl (C=O) groups excluding carboxylic acids is 1. The van der Waals surface area contributed by atoms with Crippen LogP contribution in [0, 0.1) is 6.92 Å². The molecule has 1 heterocycles. The molecule has 0 fully saturated rings. The minimum Gasteiger partial charge on any atom is -0.337 e. The van der Waals surface area contributed by atoms with Crippen molar-refractivity contribution in [3.8, 4) is 11.4 Å². The maximum atomic E-state index is 12.8. The summed E-state index contributed by atoms with van der Waals surface area (Å²) < 4.78 is 30.7. The molecule has 0 saturated carbocycles. The molecule has 0 aliphatic rings. The molecule has 0 aliphatic carbocycles. The van der Waals surface area contributed by atoms with Crippen LogP contribution in [-0.4, -0.2) is 42.7 Å². The molecule has 0 bridgehead atoms. The van der Waals surface area contributed by atoms with Gasteiger partial charge in [0.25, 0.3) is 5.91 Å². The molecule has 0 unspecified atom stereocenters. The SMILES string of the molecule is Cc1cccc(-c2noc(CN(C)C(=O)c3ccccc3NS(C)(=O)=O)n2)c1. The third-order valence-corrected chi connectivity index (χ3v) is 4.51. The summed E-state index contributed by atoms with van der Waals surface area (Å²) in [5.41, 5.74) is 2.35. The number of nitrogens with zero attached hydrogens (tertiary/aromatic N) is 3. The Hall–Kier alpha value is -3.20. The number of amides is 1. The Morgan fingerprint density at radius 2 is 1.93 bits per heavy atom. The summed E-state index contributed by atoms with van der Waals surface area (Å²) in [6.45, 7) is 2.06. The van der Waals surface area contributed by atoms with Crippen LogP contribution in [0.1, 0.15) is 21.8 Å². The lowest BCUT2D eigenvalue weighted by molar-refractivity contribution is 0.0770. The van der Waals surface area contributed by atoms with E-state index in [4.69, 9.17) is 4.52 Å². The number of carbonyl (C=O) groups is 1. The Labute approximate surface area is 163 Å². The Kier molecular flexibility index (Phi) is 5.46. The van der Waals surface area contributed by atoms with E-state index in [9.17, 15) is 13.2 Å². The average Bonchev–Trinajstić information content (AvgIpc) is 3.09. The van der Waals surface area contributed by atoms with E-state index in [0.717, 1.165) is 17.4 Å². The molecule has 1 aromatic heterocycles. The molecule has 3 rings (SSSR count). The predicted molar refractivity (Wildman–Crippen MR) is 105 cm³/mol. The van der Waals surface area contributed by atoms with Gasteiger partial charge in [-0.15, -0.1) is 0 Å². The Morgan fingerprint density at radius 1 is 1.18 bits per heavy atom. The predicted octanol–water partition coefficient (Wildman–Crippen LogP) is 2.69. The molecule has 0 aliphatic heterocycles. The van der Waals surface area contributed by atoms with Crippen molar-refractivity contribution in [3.63, 3.8) is 0 Å². The molecule has 1 amide bonds. The van der Waals surface area contributed by atoms with E-state index in [0.29, 0.717) is 5.82 Å². The van der Waals surface area contributed by atoms with Gasteiger partial charge in [-0.1, -0.05) is 41.1 Å².